The monoisotopic (exact) mass is 270 g/mol. The van der Waals surface area contributed by atoms with Crippen LogP contribution in [0.5, 0.6) is 0 Å². The van der Waals surface area contributed by atoms with Gasteiger partial charge in [0.15, 0.2) is 0 Å². The summed E-state index contributed by atoms with van der Waals surface area (Å²) < 4.78 is 0. The minimum atomic E-state index is 0.876. The highest BCUT2D eigenvalue weighted by molar-refractivity contribution is 9.08. The Balaban J connectivity index is 2.65. The van der Waals surface area contributed by atoms with Crippen LogP contribution in [-0.2, 0) is 5.33 Å². The molecule has 0 saturated carbocycles. The number of hydrogen-bond donors (Lipinski definition) is 0. The first kappa shape index (κ1) is 12.5. The van der Waals surface area contributed by atoms with Crippen molar-refractivity contribution >= 4 is 21.7 Å². The maximum absolute atomic E-state index is 4.47. The summed E-state index contributed by atoms with van der Waals surface area (Å²) in [7, 11) is 0. The second-order valence-electron chi connectivity index (χ2n) is 3.59. The number of pyridine rings is 1. The normalized spacial score (nSPS) is 10.3. The van der Waals surface area contributed by atoms with E-state index in [0.29, 0.717) is 0 Å². The Morgan fingerprint density at radius 2 is 2.13 bits per heavy atom. The molecule has 0 aliphatic carbocycles. The first-order valence-electron chi connectivity index (χ1n) is 5.57. The Hall–Kier alpha value is -0.570. The SMILES string of the molecule is CCCCN(CC)c1ccc(CBr)cn1. The fourth-order valence-electron chi connectivity index (χ4n) is 1.47. The lowest BCUT2D eigenvalue weighted by atomic mass is 10.3. The zero-order valence-electron chi connectivity index (χ0n) is 9.54. The van der Waals surface area contributed by atoms with Crippen molar-refractivity contribution in [1.29, 1.82) is 0 Å². The van der Waals surface area contributed by atoms with Crippen molar-refractivity contribution in [3.05, 3.63) is 23.9 Å². The molecular formula is C12H19BrN2. The summed E-state index contributed by atoms with van der Waals surface area (Å²) in [5, 5.41) is 0.876. The predicted octanol–water partition coefficient (Wildman–Crippen LogP) is 3.60. The zero-order valence-corrected chi connectivity index (χ0v) is 11.1. The number of nitrogens with zero attached hydrogens (tertiary/aromatic N) is 2. The molecule has 1 aromatic heterocycles. The van der Waals surface area contributed by atoms with E-state index in [1.165, 1.54) is 18.4 Å². The number of alkyl halides is 1. The second kappa shape index (κ2) is 6.83. The number of hydrogen-bond acceptors (Lipinski definition) is 2. The second-order valence-corrected chi connectivity index (χ2v) is 4.15. The molecule has 0 aromatic carbocycles. The van der Waals surface area contributed by atoms with Gasteiger partial charge in [-0.1, -0.05) is 35.3 Å². The molecule has 0 unspecified atom stereocenters. The molecule has 1 aromatic rings. The average Bonchev–Trinajstić information content (AvgIpc) is 2.31. The molecule has 0 aliphatic heterocycles. The molecule has 2 nitrogen and oxygen atoms in total. The number of halogens is 1. The van der Waals surface area contributed by atoms with Crippen LogP contribution in [-0.4, -0.2) is 18.1 Å². The molecule has 3 heteroatoms. The summed E-state index contributed by atoms with van der Waals surface area (Å²) in [4.78, 5) is 6.79. The summed E-state index contributed by atoms with van der Waals surface area (Å²) >= 11 is 3.42. The van der Waals surface area contributed by atoms with E-state index in [1.807, 2.05) is 6.20 Å². The number of unbranched alkanes of at least 4 members (excludes halogenated alkanes) is 1. The standard InChI is InChI=1S/C12H19BrN2/c1-3-5-8-15(4-2)12-7-6-11(9-13)10-14-12/h6-7,10H,3-5,8-9H2,1-2H3. The first-order chi connectivity index (χ1) is 7.31. The average molecular weight is 271 g/mol. The summed E-state index contributed by atoms with van der Waals surface area (Å²) in [5.74, 6) is 1.09. The van der Waals surface area contributed by atoms with Crippen molar-refractivity contribution in [2.24, 2.45) is 0 Å². The third kappa shape index (κ3) is 3.82. The molecule has 1 rings (SSSR count). The highest BCUT2D eigenvalue weighted by Gasteiger charge is 2.04. The highest BCUT2D eigenvalue weighted by atomic mass is 79.9. The van der Waals surface area contributed by atoms with Crippen LogP contribution in [0.3, 0.4) is 0 Å². The molecule has 0 N–H and O–H groups in total. The van der Waals surface area contributed by atoms with E-state index in [9.17, 15) is 0 Å². The minimum absolute atomic E-state index is 0.876. The van der Waals surface area contributed by atoms with Gasteiger partial charge in [0.05, 0.1) is 0 Å². The van der Waals surface area contributed by atoms with E-state index in [1.54, 1.807) is 0 Å². The quantitative estimate of drug-likeness (QED) is 0.735. The van der Waals surface area contributed by atoms with Gasteiger partial charge in [0, 0.05) is 24.6 Å². The van der Waals surface area contributed by atoms with Gasteiger partial charge in [0.1, 0.15) is 5.82 Å². The summed E-state index contributed by atoms with van der Waals surface area (Å²) in [6, 6.07) is 4.24. The van der Waals surface area contributed by atoms with Gasteiger partial charge in [-0.2, -0.15) is 0 Å². The van der Waals surface area contributed by atoms with Crippen molar-refractivity contribution in [2.75, 3.05) is 18.0 Å². The first-order valence-corrected chi connectivity index (χ1v) is 6.69. The zero-order chi connectivity index (χ0) is 11.1. The van der Waals surface area contributed by atoms with Crippen molar-refractivity contribution < 1.29 is 0 Å². The fourth-order valence-corrected chi connectivity index (χ4v) is 1.80. The van der Waals surface area contributed by atoms with Crippen molar-refractivity contribution in [2.45, 2.75) is 32.0 Å². The van der Waals surface area contributed by atoms with Crippen LogP contribution in [0.2, 0.25) is 0 Å². The molecule has 0 amide bonds. The Morgan fingerprint density at radius 3 is 2.60 bits per heavy atom. The summed E-state index contributed by atoms with van der Waals surface area (Å²) in [5.41, 5.74) is 1.23. The van der Waals surface area contributed by atoms with E-state index < -0.39 is 0 Å². The highest BCUT2D eigenvalue weighted by Crippen LogP contribution is 2.13. The molecule has 0 fully saturated rings. The molecule has 0 saturated heterocycles. The maximum atomic E-state index is 4.47. The maximum Gasteiger partial charge on any atom is 0.128 e. The number of anilines is 1. The van der Waals surface area contributed by atoms with Gasteiger partial charge in [0.2, 0.25) is 0 Å². The molecule has 0 atom stereocenters. The van der Waals surface area contributed by atoms with Crippen molar-refractivity contribution in [1.82, 2.24) is 4.98 Å². The van der Waals surface area contributed by atoms with E-state index >= 15 is 0 Å². The third-order valence-corrected chi connectivity index (χ3v) is 3.10. The molecule has 0 spiro atoms. The van der Waals surface area contributed by atoms with Crippen LogP contribution in [0.4, 0.5) is 5.82 Å². The molecule has 0 aliphatic rings. The Labute approximate surface area is 101 Å². The Morgan fingerprint density at radius 1 is 1.33 bits per heavy atom. The molecule has 15 heavy (non-hydrogen) atoms. The summed E-state index contributed by atoms with van der Waals surface area (Å²) in [6.45, 7) is 6.53. The predicted molar refractivity (Wildman–Crippen MR) is 69.7 cm³/mol. The summed E-state index contributed by atoms with van der Waals surface area (Å²) in [6.07, 6.45) is 4.41. The van der Waals surface area contributed by atoms with Crippen LogP contribution in [0.1, 0.15) is 32.3 Å². The van der Waals surface area contributed by atoms with Gasteiger partial charge in [-0.05, 0) is 25.0 Å². The lowest BCUT2D eigenvalue weighted by Crippen LogP contribution is -2.24. The van der Waals surface area contributed by atoms with E-state index in [0.717, 1.165) is 24.2 Å². The smallest absolute Gasteiger partial charge is 0.128 e. The lowest BCUT2D eigenvalue weighted by molar-refractivity contribution is 0.724. The van der Waals surface area contributed by atoms with E-state index in [-0.39, 0.29) is 0 Å². The van der Waals surface area contributed by atoms with Gasteiger partial charge in [0.25, 0.3) is 0 Å². The van der Waals surface area contributed by atoms with Crippen LogP contribution in [0.15, 0.2) is 18.3 Å². The molecule has 84 valence electrons. The van der Waals surface area contributed by atoms with E-state index in [2.05, 4.69) is 51.8 Å². The minimum Gasteiger partial charge on any atom is -0.357 e. The van der Waals surface area contributed by atoms with Gasteiger partial charge in [-0.15, -0.1) is 0 Å². The topological polar surface area (TPSA) is 16.1 Å². The largest absolute Gasteiger partial charge is 0.357 e. The van der Waals surface area contributed by atoms with Gasteiger partial charge in [-0.25, -0.2) is 4.98 Å². The van der Waals surface area contributed by atoms with Crippen LogP contribution < -0.4 is 4.90 Å². The van der Waals surface area contributed by atoms with Gasteiger partial charge < -0.3 is 4.90 Å². The fraction of sp³-hybridized carbons (Fsp3) is 0.583. The van der Waals surface area contributed by atoms with Crippen molar-refractivity contribution in [3.63, 3.8) is 0 Å². The number of rotatable bonds is 6. The molecule has 0 bridgehead atoms. The number of aromatic nitrogens is 1. The third-order valence-electron chi connectivity index (χ3n) is 2.45. The van der Waals surface area contributed by atoms with Crippen LogP contribution in [0, 0.1) is 0 Å². The van der Waals surface area contributed by atoms with Crippen LogP contribution in [0.25, 0.3) is 0 Å². The molecule has 0 radical (unpaired) electrons. The Bertz CT molecular complexity index is 271. The van der Waals surface area contributed by atoms with Gasteiger partial charge >= 0.3 is 0 Å². The Kier molecular flexibility index (Phi) is 5.69. The van der Waals surface area contributed by atoms with Crippen LogP contribution >= 0.6 is 15.9 Å². The lowest BCUT2D eigenvalue weighted by Gasteiger charge is -2.21. The van der Waals surface area contributed by atoms with E-state index in [4.69, 9.17) is 0 Å². The van der Waals surface area contributed by atoms with Crippen molar-refractivity contribution in [3.8, 4) is 0 Å². The van der Waals surface area contributed by atoms with Gasteiger partial charge in [-0.3, -0.25) is 0 Å². The molecular weight excluding hydrogens is 252 g/mol. The molecule has 1 heterocycles.